The number of benzene rings is 1. The van der Waals surface area contributed by atoms with Crippen molar-refractivity contribution < 1.29 is 4.79 Å². The molecule has 1 amide bonds. The number of carbonyl (C=O) groups is 1. The molecule has 0 aliphatic rings. The summed E-state index contributed by atoms with van der Waals surface area (Å²) in [7, 11) is 0. The molecule has 0 spiro atoms. The molecule has 0 atom stereocenters. The van der Waals surface area contributed by atoms with Crippen molar-refractivity contribution in [1.29, 1.82) is 0 Å². The third-order valence-corrected chi connectivity index (χ3v) is 3.02. The summed E-state index contributed by atoms with van der Waals surface area (Å²) in [6, 6.07) is 11.0. The molecule has 6 nitrogen and oxygen atoms in total. The van der Waals surface area contributed by atoms with Crippen LogP contribution in [-0.2, 0) is 6.54 Å². The van der Waals surface area contributed by atoms with Crippen molar-refractivity contribution in [3.8, 4) is 0 Å². The Morgan fingerprint density at radius 3 is 2.50 bits per heavy atom. The topological polar surface area (TPSA) is 98.1 Å². The highest BCUT2D eigenvalue weighted by atomic mass is 16.1. The van der Waals surface area contributed by atoms with Crippen LogP contribution in [0.2, 0.25) is 0 Å². The first-order valence-corrected chi connectivity index (χ1v) is 6.33. The average Bonchev–Trinajstić information content (AvgIpc) is 2.46. The van der Waals surface area contributed by atoms with Crippen molar-refractivity contribution in [1.82, 2.24) is 10.2 Å². The van der Waals surface area contributed by atoms with E-state index in [1.807, 2.05) is 36.1 Å². The van der Waals surface area contributed by atoms with Gasteiger partial charge in [-0.15, -0.1) is 10.2 Å². The lowest BCUT2D eigenvalue weighted by atomic mass is 10.1. The number of nitrogen functional groups attached to an aromatic ring is 1. The zero-order valence-corrected chi connectivity index (χ0v) is 11.3. The minimum Gasteiger partial charge on any atom is -0.398 e. The van der Waals surface area contributed by atoms with Gasteiger partial charge in [0.1, 0.15) is 0 Å². The molecule has 2 aromatic rings. The molecular weight excluding hydrogens is 254 g/mol. The van der Waals surface area contributed by atoms with Crippen LogP contribution in [0.1, 0.15) is 23.0 Å². The van der Waals surface area contributed by atoms with E-state index in [-0.39, 0.29) is 5.69 Å². The summed E-state index contributed by atoms with van der Waals surface area (Å²) in [6.45, 7) is 3.40. The minimum absolute atomic E-state index is 0.157. The SMILES string of the molecule is CCN(Cc1ccccc1N)c1ccc(C(N)=O)nn1. The van der Waals surface area contributed by atoms with Crippen molar-refractivity contribution in [2.24, 2.45) is 5.73 Å². The van der Waals surface area contributed by atoms with Crippen molar-refractivity contribution in [3.05, 3.63) is 47.7 Å². The minimum atomic E-state index is -0.584. The van der Waals surface area contributed by atoms with E-state index >= 15 is 0 Å². The van der Waals surface area contributed by atoms with Crippen LogP contribution < -0.4 is 16.4 Å². The maximum Gasteiger partial charge on any atom is 0.269 e. The van der Waals surface area contributed by atoms with Crippen LogP contribution >= 0.6 is 0 Å². The number of amides is 1. The van der Waals surface area contributed by atoms with Crippen LogP contribution in [0, 0.1) is 0 Å². The number of aromatic nitrogens is 2. The second kappa shape index (κ2) is 6.01. The second-order valence-corrected chi connectivity index (χ2v) is 4.35. The molecule has 0 fully saturated rings. The van der Waals surface area contributed by atoms with Gasteiger partial charge in [0.05, 0.1) is 0 Å². The highest BCUT2D eigenvalue weighted by Crippen LogP contribution is 2.17. The predicted octanol–water partition coefficient (Wildman–Crippen LogP) is 1.18. The first-order valence-electron chi connectivity index (χ1n) is 6.33. The molecule has 104 valence electrons. The molecule has 4 N–H and O–H groups in total. The first-order chi connectivity index (χ1) is 9.61. The molecule has 20 heavy (non-hydrogen) atoms. The Morgan fingerprint density at radius 1 is 1.20 bits per heavy atom. The van der Waals surface area contributed by atoms with Crippen LogP contribution in [-0.4, -0.2) is 22.6 Å². The van der Waals surface area contributed by atoms with Gasteiger partial charge in [-0.1, -0.05) is 18.2 Å². The number of hydrogen-bond donors (Lipinski definition) is 2. The van der Waals surface area contributed by atoms with E-state index in [1.54, 1.807) is 12.1 Å². The standard InChI is InChI=1S/C14H17N5O/c1-2-19(9-10-5-3-4-6-11(10)15)13-8-7-12(14(16)20)17-18-13/h3-8H,2,9,15H2,1H3,(H2,16,20). The summed E-state index contributed by atoms with van der Waals surface area (Å²) in [5.41, 5.74) is 13.0. The van der Waals surface area contributed by atoms with E-state index in [0.717, 1.165) is 17.8 Å². The monoisotopic (exact) mass is 271 g/mol. The van der Waals surface area contributed by atoms with Gasteiger partial charge >= 0.3 is 0 Å². The lowest BCUT2D eigenvalue weighted by Crippen LogP contribution is -2.24. The molecule has 0 saturated carbocycles. The fraction of sp³-hybridized carbons (Fsp3) is 0.214. The Kier molecular flexibility index (Phi) is 4.14. The van der Waals surface area contributed by atoms with Gasteiger partial charge in [-0.2, -0.15) is 0 Å². The van der Waals surface area contributed by atoms with Crippen molar-refractivity contribution in [2.45, 2.75) is 13.5 Å². The average molecular weight is 271 g/mol. The molecule has 2 rings (SSSR count). The Hall–Kier alpha value is -2.63. The number of nitrogens with two attached hydrogens (primary N) is 2. The molecule has 0 bridgehead atoms. The Bertz CT molecular complexity index is 597. The van der Waals surface area contributed by atoms with Gasteiger partial charge in [-0.3, -0.25) is 4.79 Å². The van der Waals surface area contributed by atoms with E-state index in [9.17, 15) is 4.79 Å². The second-order valence-electron chi connectivity index (χ2n) is 4.35. The van der Waals surface area contributed by atoms with Gasteiger partial charge in [-0.25, -0.2) is 0 Å². The first kappa shape index (κ1) is 13.8. The summed E-state index contributed by atoms with van der Waals surface area (Å²) in [6.07, 6.45) is 0. The third-order valence-electron chi connectivity index (χ3n) is 3.02. The lowest BCUT2D eigenvalue weighted by Gasteiger charge is -2.22. The largest absolute Gasteiger partial charge is 0.398 e. The maximum atomic E-state index is 11.0. The molecule has 0 aliphatic heterocycles. The highest BCUT2D eigenvalue weighted by molar-refractivity contribution is 5.90. The van der Waals surface area contributed by atoms with E-state index in [2.05, 4.69) is 10.2 Å². The summed E-state index contributed by atoms with van der Waals surface area (Å²) in [5.74, 6) is 0.0974. The summed E-state index contributed by atoms with van der Waals surface area (Å²) in [4.78, 5) is 13.0. The van der Waals surface area contributed by atoms with E-state index in [1.165, 1.54) is 0 Å². The van der Waals surface area contributed by atoms with Crippen molar-refractivity contribution in [3.63, 3.8) is 0 Å². The van der Waals surface area contributed by atoms with Gasteiger partial charge < -0.3 is 16.4 Å². The van der Waals surface area contributed by atoms with Crippen LogP contribution in [0.4, 0.5) is 11.5 Å². The summed E-state index contributed by atoms with van der Waals surface area (Å²) >= 11 is 0. The highest BCUT2D eigenvalue weighted by Gasteiger charge is 2.10. The molecule has 6 heteroatoms. The van der Waals surface area contributed by atoms with E-state index < -0.39 is 5.91 Å². The maximum absolute atomic E-state index is 11.0. The van der Waals surface area contributed by atoms with Crippen LogP contribution in [0.3, 0.4) is 0 Å². The number of anilines is 2. The lowest BCUT2D eigenvalue weighted by molar-refractivity contribution is 0.0994. The molecule has 1 heterocycles. The fourth-order valence-corrected chi connectivity index (χ4v) is 1.86. The Balaban J connectivity index is 2.20. The summed E-state index contributed by atoms with van der Waals surface area (Å²) in [5, 5.41) is 7.84. The van der Waals surface area contributed by atoms with Crippen LogP contribution in [0.15, 0.2) is 36.4 Å². The zero-order chi connectivity index (χ0) is 14.5. The Labute approximate surface area is 117 Å². The number of carbonyl (C=O) groups excluding carboxylic acids is 1. The molecule has 1 aromatic heterocycles. The summed E-state index contributed by atoms with van der Waals surface area (Å²) < 4.78 is 0. The molecular formula is C14H17N5O. The molecule has 0 unspecified atom stereocenters. The third kappa shape index (κ3) is 3.03. The normalized spacial score (nSPS) is 10.2. The van der Waals surface area contributed by atoms with Crippen LogP contribution in [0.5, 0.6) is 0 Å². The van der Waals surface area contributed by atoms with Gasteiger partial charge in [0.25, 0.3) is 5.91 Å². The molecule has 0 radical (unpaired) electrons. The number of hydrogen-bond acceptors (Lipinski definition) is 5. The van der Waals surface area contributed by atoms with Gasteiger partial charge in [-0.05, 0) is 30.7 Å². The molecule has 0 aliphatic carbocycles. The number of rotatable bonds is 5. The van der Waals surface area contributed by atoms with Crippen molar-refractivity contribution in [2.75, 3.05) is 17.2 Å². The number of primary amides is 1. The van der Waals surface area contributed by atoms with E-state index in [4.69, 9.17) is 11.5 Å². The van der Waals surface area contributed by atoms with E-state index in [0.29, 0.717) is 12.4 Å². The fourth-order valence-electron chi connectivity index (χ4n) is 1.86. The van der Waals surface area contributed by atoms with Crippen molar-refractivity contribution >= 4 is 17.4 Å². The zero-order valence-electron chi connectivity index (χ0n) is 11.3. The van der Waals surface area contributed by atoms with Crippen LogP contribution in [0.25, 0.3) is 0 Å². The molecule has 1 aromatic carbocycles. The molecule has 0 saturated heterocycles. The van der Waals surface area contributed by atoms with Gasteiger partial charge in [0.15, 0.2) is 11.5 Å². The number of nitrogens with zero attached hydrogens (tertiary/aromatic N) is 3. The predicted molar refractivity (Wildman–Crippen MR) is 78.1 cm³/mol. The number of para-hydroxylation sites is 1. The Morgan fingerprint density at radius 2 is 1.95 bits per heavy atom. The van der Waals surface area contributed by atoms with Gasteiger partial charge in [0, 0.05) is 18.8 Å². The smallest absolute Gasteiger partial charge is 0.269 e. The van der Waals surface area contributed by atoms with Gasteiger partial charge in [0.2, 0.25) is 0 Å². The quantitative estimate of drug-likeness (QED) is 0.796.